The number of rotatable bonds is 5. The second-order valence-electron chi connectivity index (χ2n) is 3.55. The van der Waals surface area contributed by atoms with Crippen LogP contribution in [0.5, 0.6) is 5.75 Å². The van der Waals surface area contributed by atoms with Crippen LogP contribution >= 0.6 is 27.7 Å². The molecule has 0 amide bonds. The molecule has 1 heterocycles. The Bertz CT molecular complexity index is 514. The molecule has 0 saturated heterocycles. The molecular formula is C11H13BrN4OS. The van der Waals surface area contributed by atoms with Crippen LogP contribution in [-0.4, -0.2) is 27.2 Å². The van der Waals surface area contributed by atoms with Crippen molar-refractivity contribution in [3.8, 4) is 5.75 Å². The minimum absolute atomic E-state index is 0.595. The SMILES string of the molecule is Cc1nnc(SCCOc2ccc(Br)cc2)n1N. The third kappa shape index (κ3) is 3.39. The van der Waals surface area contributed by atoms with E-state index in [-0.39, 0.29) is 0 Å². The first kappa shape index (κ1) is 13.2. The van der Waals surface area contributed by atoms with Gasteiger partial charge < -0.3 is 10.6 Å². The maximum Gasteiger partial charge on any atom is 0.209 e. The van der Waals surface area contributed by atoms with Crippen LogP contribution in [0.2, 0.25) is 0 Å². The van der Waals surface area contributed by atoms with Gasteiger partial charge in [-0.2, -0.15) is 0 Å². The summed E-state index contributed by atoms with van der Waals surface area (Å²) >= 11 is 4.90. The molecule has 0 radical (unpaired) electrons. The molecule has 96 valence electrons. The van der Waals surface area contributed by atoms with E-state index in [9.17, 15) is 0 Å². The van der Waals surface area contributed by atoms with Gasteiger partial charge in [-0.15, -0.1) is 10.2 Å². The van der Waals surface area contributed by atoms with Crippen LogP contribution in [0, 0.1) is 6.92 Å². The van der Waals surface area contributed by atoms with Crippen molar-refractivity contribution in [3.63, 3.8) is 0 Å². The standard InChI is InChI=1S/C11H13BrN4OS/c1-8-14-15-11(16(8)13)18-7-6-17-10-4-2-9(12)3-5-10/h2-5H,6-7,13H2,1H3. The molecule has 18 heavy (non-hydrogen) atoms. The van der Waals surface area contributed by atoms with E-state index in [2.05, 4.69) is 26.1 Å². The highest BCUT2D eigenvalue weighted by Gasteiger charge is 2.05. The lowest BCUT2D eigenvalue weighted by Crippen LogP contribution is -2.12. The van der Waals surface area contributed by atoms with E-state index in [0.29, 0.717) is 17.6 Å². The molecule has 0 unspecified atom stereocenters. The number of hydrogen-bond acceptors (Lipinski definition) is 5. The molecule has 2 aromatic rings. The van der Waals surface area contributed by atoms with Gasteiger partial charge in [0.05, 0.1) is 6.61 Å². The fraction of sp³-hybridized carbons (Fsp3) is 0.273. The molecule has 0 spiro atoms. The van der Waals surface area contributed by atoms with E-state index >= 15 is 0 Å². The predicted molar refractivity (Wildman–Crippen MR) is 75.3 cm³/mol. The number of nitrogens with two attached hydrogens (primary N) is 1. The molecule has 5 nitrogen and oxygen atoms in total. The molecule has 1 aromatic carbocycles. The van der Waals surface area contributed by atoms with Gasteiger partial charge in [0.15, 0.2) is 0 Å². The number of hydrogen-bond donors (Lipinski definition) is 1. The number of benzene rings is 1. The number of nitrogens with zero attached hydrogens (tertiary/aromatic N) is 3. The highest BCUT2D eigenvalue weighted by molar-refractivity contribution is 9.10. The maximum absolute atomic E-state index is 5.74. The van der Waals surface area contributed by atoms with Crippen molar-refractivity contribution in [2.45, 2.75) is 12.1 Å². The van der Waals surface area contributed by atoms with Crippen molar-refractivity contribution in [1.82, 2.24) is 14.9 Å². The first-order valence-corrected chi connectivity index (χ1v) is 7.13. The van der Waals surface area contributed by atoms with Crippen molar-refractivity contribution in [2.75, 3.05) is 18.2 Å². The minimum Gasteiger partial charge on any atom is -0.493 e. The number of thioether (sulfide) groups is 1. The maximum atomic E-state index is 5.74. The normalized spacial score (nSPS) is 10.6. The highest BCUT2D eigenvalue weighted by atomic mass is 79.9. The zero-order chi connectivity index (χ0) is 13.0. The Balaban J connectivity index is 1.76. The first-order chi connectivity index (χ1) is 8.66. The predicted octanol–water partition coefficient (Wildman–Crippen LogP) is 2.23. The van der Waals surface area contributed by atoms with Gasteiger partial charge >= 0.3 is 0 Å². The summed E-state index contributed by atoms with van der Waals surface area (Å²) in [7, 11) is 0. The van der Waals surface area contributed by atoms with Crippen molar-refractivity contribution >= 4 is 27.7 Å². The summed E-state index contributed by atoms with van der Waals surface area (Å²) < 4.78 is 8.10. The fourth-order valence-electron chi connectivity index (χ4n) is 1.27. The lowest BCUT2D eigenvalue weighted by Gasteiger charge is -2.05. The summed E-state index contributed by atoms with van der Waals surface area (Å²) in [6.07, 6.45) is 0. The van der Waals surface area contributed by atoms with Crippen LogP contribution in [0.4, 0.5) is 0 Å². The monoisotopic (exact) mass is 328 g/mol. The van der Waals surface area contributed by atoms with E-state index in [1.807, 2.05) is 31.2 Å². The summed E-state index contributed by atoms with van der Waals surface area (Å²) in [5.74, 6) is 8.06. The summed E-state index contributed by atoms with van der Waals surface area (Å²) in [6, 6.07) is 7.74. The number of nitrogen functional groups attached to an aromatic ring is 1. The Morgan fingerprint density at radius 3 is 2.67 bits per heavy atom. The fourth-order valence-corrected chi connectivity index (χ4v) is 2.25. The molecular weight excluding hydrogens is 316 g/mol. The molecule has 0 fully saturated rings. The first-order valence-electron chi connectivity index (χ1n) is 5.35. The summed E-state index contributed by atoms with van der Waals surface area (Å²) in [4.78, 5) is 0. The Kier molecular flexibility index (Phi) is 4.48. The number of halogens is 1. The molecule has 2 rings (SSSR count). The third-order valence-corrected chi connectivity index (χ3v) is 3.67. The van der Waals surface area contributed by atoms with Crippen LogP contribution in [0.25, 0.3) is 0 Å². The van der Waals surface area contributed by atoms with Crippen molar-refractivity contribution in [2.24, 2.45) is 0 Å². The zero-order valence-corrected chi connectivity index (χ0v) is 12.2. The van der Waals surface area contributed by atoms with Gasteiger partial charge in [0.25, 0.3) is 0 Å². The molecule has 0 saturated carbocycles. The van der Waals surface area contributed by atoms with Crippen LogP contribution in [0.3, 0.4) is 0 Å². The summed E-state index contributed by atoms with van der Waals surface area (Å²) in [5.41, 5.74) is 0. The van der Waals surface area contributed by atoms with Gasteiger partial charge in [-0.3, -0.25) is 0 Å². The average Bonchev–Trinajstić information content (AvgIpc) is 2.68. The number of aromatic nitrogens is 3. The topological polar surface area (TPSA) is 66.0 Å². The Hall–Kier alpha value is -1.21. The van der Waals surface area contributed by atoms with Crippen molar-refractivity contribution in [3.05, 3.63) is 34.6 Å². The Morgan fingerprint density at radius 1 is 1.33 bits per heavy atom. The molecule has 7 heteroatoms. The van der Waals surface area contributed by atoms with Gasteiger partial charge in [-0.1, -0.05) is 27.7 Å². The zero-order valence-electron chi connectivity index (χ0n) is 9.84. The van der Waals surface area contributed by atoms with E-state index in [0.717, 1.165) is 16.0 Å². The van der Waals surface area contributed by atoms with Gasteiger partial charge in [0, 0.05) is 10.2 Å². The highest BCUT2D eigenvalue weighted by Crippen LogP contribution is 2.17. The van der Waals surface area contributed by atoms with Gasteiger partial charge in [0.1, 0.15) is 11.6 Å². The van der Waals surface area contributed by atoms with Crippen LogP contribution in [0.15, 0.2) is 33.9 Å². The van der Waals surface area contributed by atoms with E-state index in [4.69, 9.17) is 10.6 Å². The molecule has 1 aromatic heterocycles. The third-order valence-electron chi connectivity index (χ3n) is 2.23. The quantitative estimate of drug-likeness (QED) is 0.518. The molecule has 0 aliphatic heterocycles. The second-order valence-corrected chi connectivity index (χ2v) is 5.53. The number of aryl methyl sites for hydroxylation is 1. The van der Waals surface area contributed by atoms with Crippen LogP contribution in [0.1, 0.15) is 5.82 Å². The van der Waals surface area contributed by atoms with E-state index in [1.54, 1.807) is 0 Å². The van der Waals surface area contributed by atoms with Crippen molar-refractivity contribution in [1.29, 1.82) is 0 Å². The Morgan fingerprint density at radius 2 is 2.06 bits per heavy atom. The molecule has 0 atom stereocenters. The average molecular weight is 329 g/mol. The van der Waals surface area contributed by atoms with E-state index in [1.165, 1.54) is 16.4 Å². The molecule has 0 bridgehead atoms. The van der Waals surface area contributed by atoms with Crippen LogP contribution in [-0.2, 0) is 0 Å². The largest absolute Gasteiger partial charge is 0.493 e. The minimum atomic E-state index is 0.595. The van der Waals surface area contributed by atoms with Gasteiger partial charge in [-0.25, -0.2) is 4.68 Å². The molecule has 0 aliphatic rings. The Labute approximate surface area is 118 Å². The van der Waals surface area contributed by atoms with Gasteiger partial charge in [0.2, 0.25) is 5.16 Å². The lowest BCUT2D eigenvalue weighted by molar-refractivity contribution is 0.344. The number of ether oxygens (including phenoxy) is 1. The second kappa shape index (κ2) is 6.10. The molecule has 2 N–H and O–H groups in total. The van der Waals surface area contributed by atoms with Crippen LogP contribution < -0.4 is 10.6 Å². The summed E-state index contributed by atoms with van der Waals surface area (Å²) in [6.45, 7) is 2.41. The smallest absolute Gasteiger partial charge is 0.209 e. The summed E-state index contributed by atoms with van der Waals surface area (Å²) in [5, 5.41) is 8.55. The van der Waals surface area contributed by atoms with Gasteiger partial charge in [-0.05, 0) is 31.2 Å². The lowest BCUT2D eigenvalue weighted by atomic mass is 10.3. The van der Waals surface area contributed by atoms with Crippen molar-refractivity contribution < 1.29 is 4.74 Å². The van der Waals surface area contributed by atoms with E-state index < -0.39 is 0 Å². The molecule has 0 aliphatic carbocycles.